The maximum Gasteiger partial charge on any atom is 0.335 e. The van der Waals surface area contributed by atoms with Crippen molar-refractivity contribution >= 4 is 45.0 Å². The first kappa shape index (κ1) is 20.4. The second kappa shape index (κ2) is 8.49. The highest BCUT2D eigenvalue weighted by Gasteiger charge is 2.15. The van der Waals surface area contributed by atoms with E-state index in [-0.39, 0.29) is 11.3 Å². The van der Waals surface area contributed by atoms with Gasteiger partial charge in [-0.15, -0.1) is 0 Å². The second-order valence-electron chi connectivity index (χ2n) is 6.49. The third-order valence-electron chi connectivity index (χ3n) is 4.53. The van der Waals surface area contributed by atoms with Crippen molar-refractivity contribution in [1.29, 1.82) is 0 Å². The van der Waals surface area contributed by atoms with Crippen molar-refractivity contribution in [3.05, 3.63) is 82.3 Å². The van der Waals surface area contributed by atoms with Gasteiger partial charge in [-0.1, -0.05) is 15.9 Å². The first-order valence-electron chi connectivity index (χ1n) is 9.08. The van der Waals surface area contributed by atoms with E-state index in [0.717, 1.165) is 15.5 Å². The summed E-state index contributed by atoms with van der Waals surface area (Å²) in [5.74, 6) is -0.879. The molecule has 0 fully saturated rings. The molecule has 0 saturated carbocycles. The van der Waals surface area contributed by atoms with Gasteiger partial charge in [-0.3, -0.25) is 4.79 Å². The van der Waals surface area contributed by atoms with Gasteiger partial charge < -0.3 is 18.8 Å². The Bertz CT molecular complexity index is 1300. The van der Waals surface area contributed by atoms with Crippen LogP contribution in [0.15, 0.2) is 74.8 Å². The average Bonchev–Trinajstić information content (AvgIpc) is 3.40. The van der Waals surface area contributed by atoms with Crippen LogP contribution in [0.5, 0.6) is 5.75 Å². The molecule has 0 aliphatic rings. The standard InChI is InChI=1S/C22H16BrN3O5/c1-30-18-11-15(23)9-14-10-19(31-20(14)18)21(27)25-24-12-17-3-2-8-26(17)16-6-4-13(5-7-16)22(28)29/h2-12H,1H3,(H,25,27)(H,28,29). The van der Waals surface area contributed by atoms with E-state index in [9.17, 15) is 9.59 Å². The summed E-state index contributed by atoms with van der Waals surface area (Å²) in [6.07, 6.45) is 3.30. The van der Waals surface area contributed by atoms with E-state index in [0.29, 0.717) is 17.0 Å². The predicted molar refractivity (Wildman–Crippen MR) is 118 cm³/mol. The van der Waals surface area contributed by atoms with E-state index in [4.69, 9.17) is 14.3 Å². The number of furan rings is 1. The summed E-state index contributed by atoms with van der Waals surface area (Å²) in [4.78, 5) is 23.5. The Balaban J connectivity index is 1.51. The number of carbonyl (C=O) groups excluding carboxylic acids is 1. The fourth-order valence-electron chi connectivity index (χ4n) is 3.06. The third kappa shape index (κ3) is 4.22. The number of hydrogen-bond acceptors (Lipinski definition) is 5. The fraction of sp³-hybridized carbons (Fsp3) is 0.0455. The zero-order chi connectivity index (χ0) is 22.0. The molecule has 2 aromatic heterocycles. The number of fused-ring (bicyclic) bond motifs is 1. The summed E-state index contributed by atoms with van der Waals surface area (Å²) < 4.78 is 13.5. The fourth-order valence-corrected chi connectivity index (χ4v) is 3.52. The predicted octanol–water partition coefficient (Wildman–Crippen LogP) is 4.46. The molecule has 9 heteroatoms. The quantitative estimate of drug-likeness (QED) is 0.312. The molecule has 8 nitrogen and oxygen atoms in total. The summed E-state index contributed by atoms with van der Waals surface area (Å²) in [7, 11) is 1.53. The van der Waals surface area contributed by atoms with Gasteiger partial charge in [0.05, 0.1) is 24.6 Å². The number of carboxylic acids is 1. The topological polar surface area (TPSA) is 106 Å². The van der Waals surface area contributed by atoms with Gasteiger partial charge in [-0.25, -0.2) is 10.2 Å². The van der Waals surface area contributed by atoms with Crippen molar-refractivity contribution in [3.8, 4) is 11.4 Å². The molecule has 0 atom stereocenters. The Morgan fingerprint density at radius 3 is 2.68 bits per heavy atom. The SMILES string of the molecule is COc1cc(Br)cc2cc(C(=O)NN=Cc3cccn3-c3ccc(C(=O)O)cc3)oc12. The van der Waals surface area contributed by atoms with Gasteiger partial charge in [0.15, 0.2) is 17.1 Å². The van der Waals surface area contributed by atoms with Gasteiger partial charge in [0.1, 0.15) is 0 Å². The summed E-state index contributed by atoms with van der Waals surface area (Å²) in [6, 6.07) is 15.2. The van der Waals surface area contributed by atoms with Crippen LogP contribution in [-0.4, -0.2) is 34.9 Å². The largest absolute Gasteiger partial charge is 0.493 e. The molecule has 0 bridgehead atoms. The molecular formula is C22H16BrN3O5. The number of methoxy groups -OCH3 is 1. The summed E-state index contributed by atoms with van der Waals surface area (Å²) in [5, 5.41) is 13.8. The number of carboxylic acid groups (broad SMARTS) is 1. The van der Waals surface area contributed by atoms with Crippen LogP contribution in [0.1, 0.15) is 26.6 Å². The number of aromatic nitrogens is 1. The third-order valence-corrected chi connectivity index (χ3v) is 4.98. The number of amides is 1. The van der Waals surface area contributed by atoms with Crippen molar-refractivity contribution in [3.63, 3.8) is 0 Å². The zero-order valence-corrected chi connectivity index (χ0v) is 17.8. The van der Waals surface area contributed by atoms with Crippen LogP contribution >= 0.6 is 15.9 Å². The number of ether oxygens (including phenoxy) is 1. The van der Waals surface area contributed by atoms with Crippen molar-refractivity contribution in [1.82, 2.24) is 9.99 Å². The molecule has 4 aromatic rings. The minimum atomic E-state index is -0.987. The maximum absolute atomic E-state index is 12.5. The van der Waals surface area contributed by atoms with Crippen LogP contribution < -0.4 is 10.2 Å². The van der Waals surface area contributed by atoms with Gasteiger partial charge in [0, 0.05) is 21.7 Å². The summed E-state index contributed by atoms with van der Waals surface area (Å²) in [5.41, 5.74) is 4.57. The van der Waals surface area contributed by atoms with E-state index in [1.54, 1.807) is 24.3 Å². The Labute approximate surface area is 184 Å². The van der Waals surface area contributed by atoms with Crippen LogP contribution in [0.2, 0.25) is 0 Å². The molecule has 31 heavy (non-hydrogen) atoms. The molecule has 4 rings (SSSR count). The van der Waals surface area contributed by atoms with E-state index >= 15 is 0 Å². The van der Waals surface area contributed by atoms with Crippen molar-refractivity contribution in [2.75, 3.05) is 7.11 Å². The molecule has 0 radical (unpaired) electrons. The highest BCUT2D eigenvalue weighted by molar-refractivity contribution is 9.10. The smallest absolute Gasteiger partial charge is 0.335 e. The summed E-state index contributed by atoms with van der Waals surface area (Å²) in [6.45, 7) is 0. The van der Waals surface area contributed by atoms with Gasteiger partial charge in [-0.05, 0) is 54.6 Å². The van der Waals surface area contributed by atoms with Crippen LogP contribution in [-0.2, 0) is 0 Å². The first-order chi connectivity index (χ1) is 15.0. The van der Waals surface area contributed by atoms with Crippen LogP contribution in [0.4, 0.5) is 0 Å². The minimum absolute atomic E-state index is 0.100. The van der Waals surface area contributed by atoms with E-state index in [2.05, 4.69) is 26.5 Å². The Morgan fingerprint density at radius 2 is 1.97 bits per heavy atom. The number of rotatable bonds is 6. The normalized spacial score (nSPS) is 11.2. The number of nitrogens with zero attached hydrogens (tertiary/aromatic N) is 2. The molecular weight excluding hydrogens is 466 g/mol. The van der Waals surface area contributed by atoms with Gasteiger partial charge in [0.2, 0.25) is 0 Å². The van der Waals surface area contributed by atoms with E-state index in [1.807, 2.05) is 29.0 Å². The van der Waals surface area contributed by atoms with Gasteiger partial charge >= 0.3 is 11.9 Å². The molecule has 2 N–H and O–H groups in total. The molecule has 2 heterocycles. The highest BCUT2D eigenvalue weighted by Crippen LogP contribution is 2.32. The van der Waals surface area contributed by atoms with Crippen molar-refractivity contribution < 1.29 is 23.8 Å². The first-order valence-corrected chi connectivity index (χ1v) is 9.87. The number of hydrazone groups is 1. The van der Waals surface area contributed by atoms with Gasteiger partial charge in [0.25, 0.3) is 0 Å². The molecule has 0 saturated heterocycles. The Kier molecular flexibility index (Phi) is 5.59. The van der Waals surface area contributed by atoms with Gasteiger partial charge in [-0.2, -0.15) is 5.10 Å². The van der Waals surface area contributed by atoms with Crippen LogP contribution in [0, 0.1) is 0 Å². The lowest BCUT2D eigenvalue weighted by molar-refractivity contribution is 0.0696. The molecule has 2 aromatic carbocycles. The van der Waals surface area contributed by atoms with Crippen LogP contribution in [0.25, 0.3) is 16.7 Å². The number of benzene rings is 2. The summed E-state index contributed by atoms with van der Waals surface area (Å²) >= 11 is 3.39. The molecule has 0 unspecified atom stereocenters. The monoisotopic (exact) mass is 481 g/mol. The zero-order valence-electron chi connectivity index (χ0n) is 16.2. The Hall–Kier alpha value is -3.85. The van der Waals surface area contributed by atoms with Crippen molar-refractivity contribution in [2.24, 2.45) is 5.10 Å². The minimum Gasteiger partial charge on any atom is -0.493 e. The molecule has 0 spiro atoms. The van der Waals surface area contributed by atoms with Crippen LogP contribution in [0.3, 0.4) is 0 Å². The number of halogens is 1. The lowest BCUT2D eigenvalue weighted by atomic mass is 10.2. The van der Waals surface area contributed by atoms with E-state index < -0.39 is 11.9 Å². The molecule has 0 aliphatic carbocycles. The molecule has 156 valence electrons. The lowest BCUT2D eigenvalue weighted by Gasteiger charge is -2.06. The number of hydrogen-bond donors (Lipinski definition) is 2. The van der Waals surface area contributed by atoms with E-state index in [1.165, 1.54) is 25.5 Å². The number of aromatic carboxylic acids is 1. The highest BCUT2D eigenvalue weighted by atomic mass is 79.9. The number of carbonyl (C=O) groups is 2. The molecule has 0 aliphatic heterocycles. The maximum atomic E-state index is 12.5. The van der Waals surface area contributed by atoms with Crippen molar-refractivity contribution in [2.45, 2.75) is 0 Å². The second-order valence-corrected chi connectivity index (χ2v) is 7.41. The molecule has 1 amide bonds. The Morgan fingerprint density at radius 1 is 1.19 bits per heavy atom. The number of nitrogens with one attached hydrogen (secondary N) is 1. The average molecular weight is 482 g/mol. The lowest BCUT2D eigenvalue weighted by Crippen LogP contribution is -2.17.